The Balaban J connectivity index is 0.000000561. The van der Waals surface area contributed by atoms with Crippen LogP contribution in [0.5, 0.6) is 0 Å². The second-order valence-corrected chi connectivity index (χ2v) is 1.59. The van der Waals surface area contributed by atoms with Crippen LogP contribution in [0.4, 0.5) is 10.6 Å². The van der Waals surface area contributed by atoms with E-state index in [1.807, 2.05) is 13.8 Å². The molecule has 1 rings (SSSR count). The first-order valence-electron chi connectivity index (χ1n) is 3.72. The lowest BCUT2D eigenvalue weighted by Gasteiger charge is -1.96. The van der Waals surface area contributed by atoms with Crippen molar-refractivity contribution in [3.63, 3.8) is 0 Å². The molecule has 0 bridgehead atoms. The molecule has 1 heterocycles. The third kappa shape index (κ3) is 3.60. The van der Waals surface area contributed by atoms with Crippen molar-refractivity contribution < 1.29 is 9.32 Å². The number of urea groups is 1. The average molecular weight is 171 g/mol. The van der Waals surface area contributed by atoms with Crippen molar-refractivity contribution >= 4 is 11.8 Å². The summed E-state index contributed by atoms with van der Waals surface area (Å²) in [6, 6.07) is 1.24. The molecule has 1 aromatic heterocycles. The van der Waals surface area contributed by atoms with Gasteiger partial charge in [0.15, 0.2) is 5.82 Å². The van der Waals surface area contributed by atoms with Gasteiger partial charge in [0.2, 0.25) is 0 Å². The van der Waals surface area contributed by atoms with Crippen LogP contribution in [-0.2, 0) is 0 Å². The zero-order valence-corrected chi connectivity index (χ0v) is 7.42. The van der Waals surface area contributed by atoms with Crippen molar-refractivity contribution in [2.75, 3.05) is 12.4 Å². The molecule has 0 atom stereocenters. The van der Waals surface area contributed by atoms with Gasteiger partial charge >= 0.3 is 6.03 Å². The van der Waals surface area contributed by atoms with Gasteiger partial charge in [-0.15, -0.1) is 0 Å². The normalized spacial score (nSPS) is 7.92. The third-order valence-electron chi connectivity index (χ3n) is 0.906. The van der Waals surface area contributed by atoms with Crippen LogP contribution in [-0.4, -0.2) is 18.2 Å². The van der Waals surface area contributed by atoms with E-state index in [1.54, 1.807) is 6.07 Å². The number of hydrogen-bond acceptors (Lipinski definition) is 3. The number of nitrogens with one attached hydrogen (secondary N) is 2. The van der Waals surface area contributed by atoms with E-state index in [0.29, 0.717) is 5.82 Å². The summed E-state index contributed by atoms with van der Waals surface area (Å²) in [6.07, 6.45) is 1.38. The van der Waals surface area contributed by atoms with E-state index in [-0.39, 0.29) is 6.03 Å². The maximum atomic E-state index is 10.6. The summed E-state index contributed by atoms with van der Waals surface area (Å²) in [4.78, 5) is 10.6. The Morgan fingerprint density at radius 2 is 2.25 bits per heavy atom. The molecule has 2 amide bonds. The number of nitrogens with zero attached hydrogens (tertiary/aromatic N) is 1. The number of aromatic nitrogens is 1. The van der Waals surface area contributed by atoms with Crippen molar-refractivity contribution in [2.24, 2.45) is 0 Å². The lowest BCUT2D eigenvalue weighted by Crippen LogP contribution is -2.24. The minimum atomic E-state index is -0.311. The van der Waals surface area contributed by atoms with E-state index in [9.17, 15) is 4.79 Å². The van der Waals surface area contributed by atoms with Crippen LogP contribution in [0.15, 0.2) is 16.9 Å². The van der Waals surface area contributed by atoms with Crippen molar-refractivity contribution in [3.8, 4) is 0 Å². The molecule has 0 aliphatic heterocycles. The largest absolute Gasteiger partial charge is 0.363 e. The summed E-state index contributed by atoms with van der Waals surface area (Å²) in [5.41, 5.74) is 0. The maximum absolute atomic E-state index is 10.6. The molecule has 0 saturated carbocycles. The number of hydrogen-bond donors (Lipinski definition) is 2. The molecule has 2 N–H and O–H groups in total. The molecule has 5 heteroatoms. The zero-order chi connectivity index (χ0) is 9.40. The van der Waals surface area contributed by atoms with Gasteiger partial charge in [0, 0.05) is 13.1 Å². The van der Waals surface area contributed by atoms with Gasteiger partial charge in [-0.1, -0.05) is 19.0 Å². The minimum absolute atomic E-state index is 0.311. The Kier molecular flexibility index (Phi) is 5.42. The molecule has 0 unspecified atom stereocenters. The Morgan fingerprint density at radius 3 is 2.67 bits per heavy atom. The van der Waals surface area contributed by atoms with E-state index in [2.05, 4.69) is 20.3 Å². The number of rotatable bonds is 1. The topological polar surface area (TPSA) is 67.2 Å². The van der Waals surface area contributed by atoms with Crippen LogP contribution >= 0.6 is 0 Å². The molecule has 0 fully saturated rings. The van der Waals surface area contributed by atoms with Gasteiger partial charge in [-0.05, 0) is 0 Å². The average Bonchev–Trinajstić information content (AvgIpc) is 2.60. The molecule has 12 heavy (non-hydrogen) atoms. The highest BCUT2D eigenvalue weighted by atomic mass is 16.5. The Morgan fingerprint density at radius 1 is 1.58 bits per heavy atom. The molecule has 0 saturated heterocycles. The highest BCUT2D eigenvalue weighted by molar-refractivity contribution is 5.87. The van der Waals surface area contributed by atoms with Crippen LogP contribution in [0.2, 0.25) is 0 Å². The maximum Gasteiger partial charge on any atom is 0.320 e. The molecule has 0 aromatic carbocycles. The van der Waals surface area contributed by atoms with E-state index in [1.165, 1.54) is 13.3 Å². The Bertz CT molecular complexity index is 208. The minimum Gasteiger partial charge on any atom is -0.363 e. The predicted octanol–water partition coefficient (Wildman–Crippen LogP) is 1.45. The fourth-order valence-electron chi connectivity index (χ4n) is 0.456. The van der Waals surface area contributed by atoms with E-state index in [4.69, 9.17) is 0 Å². The van der Waals surface area contributed by atoms with Crippen LogP contribution in [0.1, 0.15) is 13.8 Å². The SMILES string of the molecule is CC.CNC(=O)Nc1ccon1. The standard InChI is InChI=1S/C5H7N3O2.C2H6/c1-6-5(9)7-4-2-3-10-8-4;1-2/h2-3H,1H3,(H2,6,7,8,9);1-2H3. The fourth-order valence-corrected chi connectivity index (χ4v) is 0.456. The zero-order valence-electron chi connectivity index (χ0n) is 7.42. The van der Waals surface area contributed by atoms with Crippen molar-refractivity contribution in [2.45, 2.75) is 13.8 Å². The Hall–Kier alpha value is -1.52. The number of carbonyl (C=O) groups excluding carboxylic acids is 1. The number of carbonyl (C=O) groups is 1. The second-order valence-electron chi connectivity index (χ2n) is 1.59. The Labute approximate surface area is 71.1 Å². The lowest BCUT2D eigenvalue weighted by molar-refractivity contribution is 0.253. The molecule has 0 aliphatic carbocycles. The van der Waals surface area contributed by atoms with E-state index in [0.717, 1.165) is 0 Å². The molecular formula is C7H13N3O2. The summed E-state index contributed by atoms with van der Waals surface area (Å²) in [6.45, 7) is 4.00. The highest BCUT2D eigenvalue weighted by Gasteiger charge is 1.98. The summed E-state index contributed by atoms with van der Waals surface area (Å²) < 4.78 is 4.47. The van der Waals surface area contributed by atoms with Gasteiger partial charge in [0.1, 0.15) is 6.26 Å². The molecule has 0 radical (unpaired) electrons. The predicted molar refractivity (Wildman–Crippen MR) is 45.9 cm³/mol. The van der Waals surface area contributed by atoms with Crippen LogP contribution in [0.3, 0.4) is 0 Å². The first kappa shape index (κ1) is 10.5. The number of anilines is 1. The molecule has 68 valence electrons. The van der Waals surface area contributed by atoms with Crippen LogP contribution in [0.25, 0.3) is 0 Å². The summed E-state index contributed by atoms with van der Waals surface area (Å²) in [7, 11) is 1.52. The van der Waals surface area contributed by atoms with E-state index >= 15 is 0 Å². The molecular weight excluding hydrogens is 158 g/mol. The smallest absolute Gasteiger partial charge is 0.320 e. The summed E-state index contributed by atoms with van der Waals surface area (Å²) in [5.74, 6) is 0.402. The van der Waals surface area contributed by atoms with Crippen LogP contribution in [0, 0.1) is 0 Å². The first-order valence-corrected chi connectivity index (χ1v) is 3.72. The van der Waals surface area contributed by atoms with Gasteiger partial charge in [0.25, 0.3) is 0 Å². The molecule has 1 aromatic rings. The highest BCUT2D eigenvalue weighted by Crippen LogP contribution is 1.99. The monoisotopic (exact) mass is 171 g/mol. The summed E-state index contributed by atoms with van der Waals surface area (Å²) in [5, 5.41) is 8.25. The van der Waals surface area contributed by atoms with Gasteiger partial charge in [-0.3, -0.25) is 5.32 Å². The molecule has 0 spiro atoms. The van der Waals surface area contributed by atoms with Crippen molar-refractivity contribution in [1.82, 2.24) is 10.5 Å². The van der Waals surface area contributed by atoms with Crippen molar-refractivity contribution in [1.29, 1.82) is 0 Å². The fraction of sp³-hybridized carbons (Fsp3) is 0.429. The molecule has 0 aliphatic rings. The van der Waals surface area contributed by atoms with E-state index < -0.39 is 0 Å². The summed E-state index contributed by atoms with van der Waals surface area (Å²) >= 11 is 0. The first-order chi connectivity index (χ1) is 5.83. The number of amides is 2. The third-order valence-corrected chi connectivity index (χ3v) is 0.906. The molecule has 5 nitrogen and oxygen atoms in total. The van der Waals surface area contributed by atoms with Gasteiger partial charge in [-0.25, -0.2) is 4.79 Å². The van der Waals surface area contributed by atoms with Gasteiger partial charge in [-0.2, -0.15) is 0 Å². The lowest BCUT2D eigenvalue weighted by atomic mass is 10.6. The second kappa shape index (κ2) is 6.21. The quantitative estimate of drug-likeness (QED) is 0.672. The van der Waals surface area contributed by atoms with Crippen molar-refractivity contribution in [3.05, 3.63) is 12.3 Å². The van der Waals surface area contributed by atoms with Gasteiger partial charge < -0.3 is 9.84 Å². The van der Waals surface area contributed by atoms with Crippen LogP contribution < -0.4 is 10.6 Å². The van der Waals surface area contributed by atoms with Gasteiger partial charge in [0.05, 0.1) is 0 Å².